The Bertz CT molecular complexity index is 857. The van der Waals surface area contributed by atoms with Gasteiger partial charge in [-0.25, -0.2) is 4.79 Å². The summed E-state index contributed by atoms with van der Waals surface area (Å²) >= 11 is 0. The minimum atomic E-state index is -0.600. The van der Waals surface area contributed by atoms with Gasteiger partial charge in [0.05, 0.1) is 0 Å². The Morgan fingerprint density at radius 3 is 2.44 bits per heavy atom. The minimum absolute atomic E-state index is 0.493. The molecule has 1 aromatic heterocycles. The summed E-state index contributed by atoms with van der Waals surface area (Å²) < 4.78 is 10.7. The number of rotatable bonds is 5. The molecule has 0 aliphatic rings. The molecular weight excluding hydrogens is 316 g/mol. The number of carbonyl (C=O) groups excluding carboxylic acids is 1. The summed E-state index contributed by atoms with van der Waals surface area (Å²) in [6, 6.07) is 18.9. The van der Waals surface area contributed by atoms with E-state index in [1.807, 2.05) is 60.7 Å². The molecule has 126 valence electrons. The highest BCUT2D eigenvalue weighted by molar-refractivity contribution is 5.91. The normalized spacial score (nSPS) is 11.6. The third kappa shape index (κ3) is 3.77. The van der Waals surface area contributed by atoms with Crippen LogP contribution in [0.4, 0.5) is 10.5 Å². The van der Waals surface area contributed by atoms with Crippen molar-refractivity contribution < 1.29 is 14.1 Å². The van der Waals surface area contributed by atoms with Crippen molar-refractivity contribution in [1.82, 2.24) is 5.16 Å². The van der Waals surface area contributed by atoms with Crippen LogP contribution in [0.5, 0.6) is 0 Å². The highest BCUT2D eigenvalue weighted by atomic mass is 16.6. The SMILES string of the molecule is C=CC(OC(=O)Nc1c(-c2ccccc2)noc1C)c1ccccc1. The van der Waals surface area contributed by atoms with Gasteiger partial charge in [0.15, 0.2) is 5.76 Å². The predicted molar refractivity (Wildman–Crippen MR) is 96.2 cm³/mol. The largest absolute Gasteiger partial charge is 0.437 e. The van der Waals surface area contributed by atoms with E-state index in [2.05, 4.69) is 17.1 Å². The molecule has 5 heteroatoms. The number of carbonyl (C=O) groups is 1. The van der Waals surface area contributed by atoms with Crippen LogP contribution in [0.1, 0.15) is 17.4 Å². The van der Waals surface area contributed by atoms with E-state index in [-0.39, 0.29) is 0 Å². The van der Waals surface area contributed by atoms with Crippen molar-refractivity contribution in [3.8, 4) is 11.3 Å². The average molecular weight is 334 g/mol. The smallest absolute Gasteiger partial charge is 0.412 e. The van der Waals surface area contributed by atoms with E-state index in [0.29, 0.717) is 17.1 Å². The Labute approximate surface area is 145 Å². The zero-order valence-corrected chi connectivity index (χ0v) is 13.8. The molecule has 25 heavy (non-hydrogen) atoms. The van der Waals surface area contributed by atoms with Crippen molar-refractivity contribution >= 4 is 11.8 Å². The molecule has 0 fully saturated rings. The van der Waals surface area contributed by atoms with Gasteiger partial charge >= 0.3 is 6.09 Å². The molecule has 1 atom stereocenters. The highest BCUT2D eigenvalue weighted by Crippen LogP contribution is 2.30. The number of benzene rings is 2. The Hall–Kier alpha value is -3.34. The highest BCUT2D eigenvalue weighted by Gasteiger charge is 2.19. The first-order valence-corrected chi connectivity index (χ1v) is 7.86. The first kappa shape index (κ1) is 16.5. The van der Waals surface area contributed by atoms with Crippen LogP contribution in [0.2, 0.25) is 0 Å². The Kier molecular flexibility index (Phi) is 4.95. The Morgan fingerprint density at radius 1 is 1.16 bits per heavy atom. The van der Waals surface area contributed by atoms with Crippen molar-refractivity contribution in [2.75, 3.05) is 5.32 Å². The van der Waals surface area contributed by atoms with Crippen LogP contribution in [0.25, 0.3) is 11.3 Å². The van der Waals surface area contributed by atoms with Crippen molar-refractivity contribution in [2.45, 2.75) is 13.0 Å². The van der Waals surface area contributed by atoms with Crippen LogP contribution in [0.3, 0.4) is 0 Å². The molecule has 3 rings (SSSR count). The van der Waals surface area contributed by atoms with Gasteiger partial charge < -0.3 is 9.26 Å². The predicted octanol–water partition coefficient (Wildman–Crippen LogP) is 5.13. The Balaban J connectivity index is 1.78. The maximum absolute atomic E-state index is 12.3. The zero-order chi connectivity index (χ0) is 17.6. The molecule has 0 bridgehead atoms. The lowest BCUT2D eigenvalue weighted by Crippen LogP contribution is -2.17. The lowest BCUT2D eigenvalue weighted by molar-refractivity contribution is 0.134. The number of hydrogen-bond acceptors (Lipinski definition) is 4. The van der Waals surface area contributed by atoms with Crippen LogP contribution < -0.4 is 5.32 Å². The van der Waals surface area contributed by atoms with Crippen molar-refractivity contribution in [3.63, 3.8) is 0 Å². The van der Waals surface area contributed by atoms with Crippen molar-refractivity contribution in [1.29, 1.82) is 0 Å². The maximum Gasteiger partial charge on any atom is 0.412 e. The fourth-order valence-electron chi connectivity index (χ4n) is 2.45. The van der Waals surface area contributed by atoms with Gasteiger partial charge in [0.1, 0.15) is 17.5 Å². The molecule has 1 amide bonds. The van der Waals surface area contributed by atoms with Gasteiger partial charge in [0.2, 0.25) is 0 Å². The van der Waals surface area contributed by atoms with E-state index in [9.17, 15) is 4.79 Å². The third-order valence-corrected chi connectivity index (χ3v) is 3.71. The second-order valence-electron chi connectivity index (χ2n) is 5.43. The summed E-state index contributed by atoms with van der Waals surface area (Å²) in [4.78, 5) is 12.3. The van der Waals surface area contributed by atoms with Crippen molar-refractivity contribution in [2.24, 2.45) is 0 Å². The van der Waals surface area contributed by atoms with Crippen LogP contribution in [0, 0.1) is 6.92 Å². The van der Waals surface area contributed by atoms with E-state index in [4.69, 9.17) is 9.26 Å². The van der Waals surface area contributed by atoms with Gasteiger partial charge in [-0.15, -0.1) is 0 Å². The maximum atomic E-state index is 12.3. The van der Waals surface area contributed by atoms with Gasteiger partial charge in [-0.3, -0.25) is 5.32 Å². The topological polar surface area (TPSA) is 64.4 Å². The monoisotopic (exact) mass is 334 g/mol. The van der Waals surface area contributed by atoms with Crippen LogP contribution in [0.15, 0.2) is 77.8 Å². The quantitative estimate of drug-likeness (QED) is 0.657. The summed E-state index contributed by atoms with van der Waals surface area (Å²) in [5, 5.41) is 6.76. The lowest BCUT2D eigenvalue weighted by Gasteiger charge is -2.15. The number of nitrogens with zero attached hydrogens (tertiary/aromatic N) is 1. The molecule has 0 aliphatic heterocycles. The van der Waals surface area contributed by atoms with Gasteiger partial charge in [-0.05, 0) is 18.6 Å². The van der Waals surface area contributed by atoms with E-state index in [1.165, 1.54) is 0 Å². The molecule has 1 N–H and O–H groups in total. The molecule has 0 spiro atoms. The Morgan fingerprint density at radius 2 is 1.80 bits per heavy atom. The van der Waals surface area contributed by atoms with Gasteiger partial charge in [0, 0.05) is 5.56 Å². The van der Waals surface area contributed by atoms with E-state index < -0.39 is 12.2 Å². The molecule has 1 heterocycles. The van der Waals surface area contributed by atoms with Crippen LogP contribution in [-0.4, -0.2) is 11.2 Å². The standard InChI is InChI=1S/C20H18N2O3/c1-3-17(15-10-6-4-7-11-15)24-20(23)21-18-14(2)25-22-19(18)16-12-8-5-9-13-16/h3-13,17H,1H2,2H3,(H,21,23). The second-order valence-corrected chi connectivity index (χ2v) is 5.43. The van der Waals surface area contributed by atoms with E-state index in [0.717, 1.165) is 11.1 Å². The molecule has 2 aromatic carbocycles. The summed E-state index contributed by atoms with van der Waals surface area (Å²) in [5.74, 6) is 0.505. The van der Waals surface area contributed by atoms with Crippen LogP contribution >= 0.6 is 0 Å². The molecule has 0 saturated carbocycles. The molecule has 0 aliphatic carbocycles. The fraction of sp³-hybridized carbons (Fsp3) is 0.100. The molecular formula is C20H18N2O3. The fourth-order valence-corrected chi connectivity index (χ4v) is 2.45. The average Bonchev–Trinajstić information content (AvgIpc) is 3.01. The van der Waals surface area contributed by atoms with Crippen LogP contribution in [-0.2, 0) is 4.74 Å². The number of nitrogens with one attached hydrogen (secondary N) is 1. The van der Waals surface area contributed by atoms with E-state index in [1.54, 1.807) is 13.0 Å². The summed E-state index contributed by atoms with van der Waals surface area (Å²) in [5.41, 5.74) is 2.74. The number of aryl methyl sites for hydroxylation is 1. The number of ether oxygens (including phenoxy) is 1. The number of anilines is 1. The molecule has 1 unspecified atom stereocenters. The van der Waals surface area contributed by atoms with Crippen molar-refractivity contribution in [3.05, 3.63) is 84.6 Å². The first-order valence-electron chi connectivity index (χ1n) is 7.86. The lowest BCUT2D eigenvalue weighted by atomic mass is 10.1. The minimum Gasteiger partial charge on any atom is -0.437 e. The number of aromatic nitrogens is 1. The molecule has 0 saturated heterocycles. The summed E-state index contributed by atoms with van der Waals surface area (Å²) in [6.07, 6.45) is 0.437. The first-order chi connectivity index (χ1) is 12.2. The number of amides is 1. The van der Waals surface area contributed by atoms with E-state index >= 15 is 0 Å². The van der Waals surface area contributed by atoms with Gasteiger partial charge in [-0.2, -0.15) is 0 Å². The zero-order valence-electron chi connectivity index (χ0n) is 13.8. The second kappa shape index (κ2) is 7.49. The number of hydrogen-bond donors (Lipinski definition) is 1. The molecule has 0 radical (unpaired) electrons. The van der Waals surface area contributed by atoms with Gasteiger partial charge in [0.25, 0.3) is 0 Å². The summed E-state index contributed by atoms with van der Waals surface area (Å²) in [7, 11) is 0. The molecule has 5 nitrogen and oxygen atoms in total. The van der Waals surface area contributed by atoms with Gasteiger partial charge in [-0.1, -0.05) is 72.4 Å². The third-order valence-electron chi connectivity index (χ3n) is 3.71. The molecule has 3 aromatic rings. The summed E-state index contributed by atoms with van der Waals surface area (Å²) in [6.45, 7) is 5.47.